The zero-order valence-corrected chi connectivity index (χ0v) is 8.29. The molecule has 1 aliphatic heterocycles. The summed E-state index contributed by atoms with van der Waals surface area (Å²) in [5, 5.41) is 3.36. The van der Waals surface area contributed by atoms with Gasteiger partial charge in [0.25, 0.3) is 0 Å². The Kier molecular flexibility index (Phi) is 1.11. The smallest absolute Gasteiger partial charge is 0.187 e. The van der Waals surface area contributed by atoms with Crippen LogP contribution in [0.25, 0.3) is 0 Å². The van der Waals surface area contributed by atoms with E-state index in [4.69, 9.17) is 0 Å². The van der Waals surface area contributed by atoms with Crippen molar-refractivity contribution in [2.45, 2.75) is 11.8 Å². The van der Waals surface area contributed by atoms with Crippen LogP contribution in [0.5, 0.6) is 0 Å². The fourth-order valence-electron chi connectivity index (χ4n) is 3.25. The van der Waals surface area contributed by atoms with E-state index in [0.717, 1.165) is 23.7 Å². The molecule has 2 atom stereocenters. The summed E-state index contributed by atoms with van der Waals surface area (Å²) in [4.78, 5) is 11.9. The molecule has 0 radical (unpaired) electrons. The van der Waals surface area contributed by atoms with Crippen LogP contribution in [-0.4, -0.2) is 12.3 Å². The van der Waals surface area contributed by atoms with Gasteiger partial charge in [0, 0.05) is 29.3 Å². The van der Waals surface area contributed by atoms with E-state index in [2.05, 4.69) is 11.4 Å². The van der Waals surface area contributed by atoms with Gasteiger partial charge in [0.1, 0.15) is 0 Å². The Bertz CT molecular complexity index is 517. The number of hydrogen-bond donors (Lipinski definition) is 1. The molecule has 1 N–H and O–H groups in total. The first-order chi connectivity index (χ1) is 7.32. The Morgan fingerprint density at radius 3 is 3.07 bits per heavy atom. The third-order valence-electron chi connectivity index (χ3n) is 4.07. The molecule has 1 aromatic rings. The number of piperidine rings is 1. The van der Waals surface area contributed by atoms with Crippen LogP contribution in [-0.2, 0) is 5.41 Å². The van der Waals surface area contributed by atoms with Crippen molar-refractivity contribution in [1.82, 2.24) is 5.32 Å². The van der Waals surface area contributed by atoms with Crippen molar-refractivity contribution in [3.05, 3.63) is 47.2 Å². The first-order valence-corrected chi connectivity index (χ1v) is 5.42. The molecule has 1 heterocycles. The number of benzene rings is 1. The topological polar surface area (TPSA) is 29.1 Å². The van der Waals surface area contributed by atoms with Gasteiger partial charge < -0.3 is 5.32 Å². The van der Waals surface area contributed by atoms with Crippen LogP contribution in [0.3, 0.4) is 0 Å². The second kappa shape index (κ2) is 2.16. The Balaban J connectivity index is 2.05. The fourth-order valence-corrected chi connectivity index (χ4v) is 3.25. The van der Waals surface area contributed by atoms with Crippen molar-refractivity contribution >= 4 is 5.78 Å². The summed E-state index contributed by atoms with van der Waals surface area (Å²) in [5.74, 6) is 0.879. The molecule has 0 aromatic heterocycles. The highest BCUT2D eigenvalue weighted by Gasteiger charge is 2.63. The second-order valence-electron chi connectivity index (χ2n) is 4.72. The molecule has 2 heteroatoms. The maximum Gasteiger partial charge on any atom is 0.187 e. The highest BCUT2D eigenvalue weighted by Crippen LogP contribution is 2.63. The van der Waals surface area contributed by atoms with E-state index in [1.54, 1.807) is 6.08 Å². The standard InChI is InChI=1S/C13H11NO/c15-11-5-12-13(6-8(13)7-14-12)10-4-2-1-3-9(10)11/h1-5,8,14H,6-7H2/t8-,13+/m0/s1. The van der Waals surface area contributed by atoms with Gasteiger partial charge in [-0.15, -0.1) is 0 Å². The lowest BCUT2D eigenvalue weighted by Crippen LogP contribution is -2.24. The Hall–Kier alpha value is -1.57. The first kappa shape index (κ1) is 7.69. The number of carbonyl (C=O) groups excluding carboxylic acids is 1. The molecular formula is C13H11NO. The summed E-state index contributed by atoms with van der Waals surface area (Å²) >= 11 is 0. The zero-order valence-electron chi connectivity index (χ0n) is 8.29. The average molecular weight is 197 g/mol. The summed E-state index contributed by atoms with van der Waals surface area (Å²) in [7, 11) is 0. The van der Waals surface area contributed by atoms with Gasteiger partial charge in [-0.3, -0.25) is 4.79 Å². The number of rotatable bonds is 0. The SMILES string of the molecule is O=C1C=C2NC[C@@H]3C[C@@]23c2ccccc21. The summed E-state index contributed by atoms with van der Waals surface area (Å²) in [5.41, 5.74) is 3.52. The maximum atomic E-state index is 11.9. The monoisotopic (exact) mass is 197 g/mol. The van der Waals surface area contributed by atoms with E-state index in [1.807, 2.05) is 18.2 Å². The molecule has 74 valence electrons. The molecule has 3 aliphatic rings. The Morgan fingerprint density at radius 1 is 1.33 bits per heavy atom. The third-order valence-corrected chi connectivity index (χ3v) is 4.07. The minimum atomic E-state index is 0.159. The van der Waals surface area contributed by atoms with E-state index in [-0.39, 0.29) is 11.2 Å². The molecule has 2 nitrogen and oxygen atoms in total. The lowest BCUT2D eigenvalue weighted by molar-refractivity contribution is 0.104. The molecule has 0 unspecified atom stereocenters. The van der Waals surface area contributed by atoms with E-state index >= 15 is 0 Å². The zero-order chi connectivity index (χ0) is 10.0. The summed E-state index contributed by atoms with van der Waals surface area (Å²) in [6.45, 7) is 1.04. The van der Waals surface area contributed by atoms with Gasteiger partial charge in [-0.1, -0.05) is 24.3 Å². The largest absolute Gasteiger partial charge is 0.387 e. The molecule has 2 aliphatic carbocycles. The highest BCUT2D eigenvalue weighted by atomic mass is 16.1. The van der Waals surface area contributed by atoms with Crippen molar-refractivity contribution in [3.63, 3.8) is 0 Å². The summed E-state index contributed by atoms with van der Waals surface area (Å²) in [6, 6.07) is 8.06. The molecule has 1 aromatic carbocycles. The molecule has 15 heavy (non-hydrogen) atoms. The van der Waals surface area contributed by atoms with Crippen LogP contribution in [0.4, 0.5) is 0 Å². The van der Waals surface area contributed by atoms with Crippen molar-refractivity contribution in [2.24, 2.45) is 5.92 Å². The van der Waals surface area contributed by atoms with Crippen molar-refractivity contribution in [2.75, 3.05) is 6.54 Å². The number of fused-ring (bicyclic) bond motifs is 1. The third kappa shape index (κ3) is 0.717. The quantitative estimate of drug-likeness (QED) is 0.685. The Morgan fingerprint density at radius 2 is 2.20 bits per heavy atom. The normalized spacial score (nSPS) is 34.8. The van der Waals surface area contributed by atoms with Gasteiger partial charge in [0.2, 0.25) is 0 Å². The number of nitrogens with one attached hydrogen (secondary N) is 1. The molecule has 1 saturated heterocycles. The first-order valence-electron chi connectivity index (χ1n) is 5.42. The van der Waals surface area contributed by atoms with E-state index in [0.29, 0.717) is 0 Å². The van der Waals surface area contributed by atoms with Crippen LogP contribution in [0.15, 0.2) is 36.0 Å². The number of allylic oxidation sites excluding steroid dienone is 2. The summed E-state index contributed by atoms with van der Waals surface area (Å²) in [6.07, 6.45) is 3.02. The fraction of sp³-hybridized carbons (Fsp3) is 0.308. The van der Waals surface area contributed by atoms with Gasteiger partial charge in [-0.05, 0) is 17.9 Å². The van der Waals surface area contributed by atoms with Gasteiger partial charge in [0.05, 0.1) is 0 Å². The molecule has 1 spiro atoms. The van der Waals surface area contributed by atoms with Crippen molar-refractivity contribution in [1.29, 1.82) is 0 Å². The minimum absolute atomic E-state index is 0.159. The predicted molar refractivity (Wildman–Crippen MR) is 56.6 cm³/mol. The number of hydrogen-bond acceptors (Lipinski definition) is 2. The average Bonchev–Trinajstić information content (AvgIpc) is 2.89. The van der Waals surface area contributed by atoms with Gasteiger partial charge in [-0.25, -0.2) is 0 Å². The van der Waals surface area contributed by atoms with Gasteiger partial charge in [0.15, 0.2) is 5.78 Å². The highest BCUT2D eigenvalue weighted by molar-refractivity contribution is 6.08. The van der Waals surface area contributed by atoms with Crippen molar-refractivity contribution < 1.29 is 4.79 Å². The molecular weight excluding hydrogens is 186 g/mol. The molecule has 1 saturated carbocycles. The Labute approximate surface area is 88.0 Å². The molecule has 0 bridgehead atoms. The molecule has 0 amide bonds. The van der Waals surface area contributed by atoms with Crippen LogP contribution in [0.1, 0.15) is 22.3 Å². The van der Waals surface area contributed by atoms with Gasteiger partial charge in [-0.2, -0.15) is 0 Å². The van der Waals surface area contributed by atoms with Gasteiger partial charge >= 0.3 is 0 Å². The van der Waals surface area contributed by atoms with Crippen LogP contribution in [0, 0.1) is 5.92 Å². The van der Waals surface area contributed by atoms with Crippen molar-refractivity contribution in [3.8, 4) is 0 Å². The van der Waals surface area contributed by atoms with E-state index < -0.39 is 0 Å². The number of ketones is 1. The van der Waals surface area contributed by atoms with E-state index in [9.17, 15) is 4.79 Å². The lowest BCUT2D eigenvalue weighted by atomic mass is 9.82. The molecule has 4 rings (SSSR count). The lowest BCUT2D eigenvalue weighted by Gasteiger charge is -2.23. The van der Waals surface area contributed by atoms with E-state index in [1.165, 1.54) is 12.0 Å². The second-order valence-corrected chi connectivity index (χ2v) is 4.72. The number of carbonyl (C=O) groups is 1. The van der Waals surface area contributed by atoms with Crippen LogP contribution < -0.4 is 5.32 Å². The maximum absolute atomic E-state index is 11.9. The van der Waals surface area contributed by atoms with Crippen LogP contribution in [0.2, 0.25) is 0 Å². The van der Waals surface area contributed by atoms with Crippen LogP contribution >= 0.6 is 0 Å². The molecule has 2 fully saturated rings. The minimum Gasteiger partial charge on any atom is -0.387 e. The summed E-state index contributed by atoms with van der Waals surface area (Å²) < 4.78 is 0. The predicted octanol–water partition coefficient (Wildman–Crippen LogP) is 1.63.